The van der Waals surface area contributed by atoms with Crippen molar-refractivity contribution in [3.05, 3.63) is 0 Å². The highest BCUT2D eigenvalue weighted by molar-refractivity contribution is 5.66. The first kappa shape index (κ1) is 16.8. The molecule has 15 heavy (non-hydrogen) atoms. The molecule has 0 rings (SSSR count). The van der Waals surface area contributed by atoms with Gasteiger partial charge < -0.3 is 10.2 Å². The van der Waals surface area contributed by atoms with Crippen LogP contribution in [0.3, 0.4) is 0 Å². The molecular formula is C12H26O3. The average Bonchev–Trinajstić information content (AvgIpc) is 2.15. The van der Waals surface area contributed by atoms with Crippen LogP contribution in [0.1, 0.15) is 65.7 Å². The molecule has 0 fully saturated rings. The number of carbonyl (C=O) groups is 1. The molecule has 0 aliphatic heterocycles. The topological polar surface area (TPSA) is 57.5 Å². The molecule has 92 valence electrons. The Labute approximate surface area is 93.5 Å². The Balaban J connectivity index is 0. The van der Waals surface area contributed by atoms with Crippen LogP contribution in [0.2, 0.25) is 0 Å². The van der Waals surface area contributed by atoms with Gasteiger partial charge in [0.15, 0.2) is 0 Å². The fourth-order valence-electron chi connectivity index (χ4n) is 1.02. The molecule has 0 heterocycles. The summed E-state index contributed by atoms with van der Waals surface area (Å²) in [5, 5.41) is 16.8. The third-order valence-corrected chi connectivity index (χ3v) is 1.97. The molecule has 0 aliphatic carbocycles. The Morgan fingerprint density at radius 2 is 1.67 bits per heavy atom. The summed E-state index contributed by atoms with van der Waals surface area (Å²) in [6.07, 6.45) is 6.62. The number of carboxylic acids is 1. The van der Waals surface area contributed by atoms with Gasteiger partial charge in [-0.15, -0.1) is 0 Å². The van der Waals surface area contributed by atoms with E-state index < -0.39 is 5.97 Å². The van der Waals surface area contributed by atoms with Crippen molar-refractivity contribution in [2.45, 2.75) is 71.8 Å². The van der Waals surface area contributed by atoms with E-state index in [1.54, 1.807) is 0 Å². The molecule has 3 nitrogen and oxygen atoms in total. The van der Waals surface area contributed by atoms with Crippen LogP contribution in [-0.4, -0.2) is 22.3 Å². The first-order valence-corrected chi connectivity index (χ1v) is 5.94. The van der Waals surface area contributed by atoms with E-state index >= 15 is 0 Å². The monoisotopic (exact) mass is 218 g/mol. The summed E-state index contributed by atoms with van der Waals surface area (Å²) in [6, 6.07) is 0. The predicted octanol–water partition coefficient (Wildman–Crippen LogP) is 3.21. The molecule has 0 saturated heterocycles. The molecule has 1 atom stereocenters. The van der Waals surface area contributed by atoms with E-state index in [1.807, 2.05) is 13.8 Å². The molecule has 0 aliphatic rings. The summed E-state index contributed by atoms with van der Waals surface area (Å²) < 4.78 is 0. The molecule has 0 radical (unpaired) electrons. The molecule has 0 aromatic rings. The first-order chi connectivity index (χ1) is 7.04. The van der Waals surface area contributed by atoms with Crippen LogP contribution in [0.25, 0.3) is 0 Å². The molecule has 0 aromatic heterocycles. The van der Waals surface area contributed by atoms with E-state index in [2.05, 4.69) is 6.92 Å². The standard InChI is InChI=1S/C7H16O.C5H10O2/c1-3-4-5-6-7(2)8;1-2-3-4-5(6)7/h7-8H,3-6H2,1-2H3;2-4H2,1H3,(H,6,7). The Morgan fingerprint density at radius 3 is 1.93 bits per heavy atom. The van der Waals surface area contributed by atoms with E-state index in [1.165, 1.54) is 19.3 Å². The number of hydrogen-bond donors (Lipinski definition) is 2. The quantitative estimate of drug-likeness (QED) is 0.645. The SMILES string of the molecule is CCCCC(=O)O.CCCCCC(C)O. The number of rotatable bonds is 7. The van der Waals surface area contributed by atoms with Crippen LogP contribution >= 0.6 is 0 Å². The minimum absolute atomic E-state index is 0.0958. The molecule has 1 unspecified atom stereocenters. The van der Waals surface area contributed by atoms with Crippen LogP contribution in [0.15, 0.2) is 0 Å². The van der Waals surface area contributed by atoms with Crippen LogP contribution in [0, 0.1) is 0 Å². The summed E-state index contributed by atoms with van der Waals surface area (Å²) in [7, 11) is 0. The van der Waals surface area contributed by atoms with Gasteiger partial charge in [-0.05, 0) is 19.8 Å². The van der Waals surface area contributed by atoms with E-state index in [0.717, 1.165) is 19.3 Å². The fourth-order valence-corrected chi connectivity index (χ4v) is 1.02. The van der Waals surface area contributed by atoms with Crippen molar-refractivity contribution in [3.8, 4) is 0 Å². The van der Waals surface area contributed by atoms with E-state index in [0.29, 0.717) is 6.42 Å². The van der Waals surface area contributed by atoms with Gasteiger partial charge in [-0.3, -0.25) is 4.79 Å². The number of aliphatic hydroxyl groups is 1. The molecule has 2 N–H and O–H groups in total. The highest BCUT2D eigenvalue weighted by atomic mass is 16.4. The lowest BCUT2D eigenvalue weighted by Crippen LogP contribution is -1.97. The van der Waals surface area contributed by atoms with E-state index in [4.69, 9.17) is 10.2 Å². The van der Waals surface area contributed by atoms with Crippen molar-refractivity contribution >= 4 is 5.97 Å². The predicted molar refractivity (Wildman–Crippen MR) is 63.0 cm³/mol. The zero-order chi connectivity index (χ0) is 12.1. The normalized spacial score (nSPS) is 11.5. The summed E-state index contributed by atoms with van der Waals surface area (Å²) in [6.45, 7) is 5.99. The van der Waals surface area contributed by atoms with Crippen molar-refractivity contribution in [1.82, 2.24) is 0 Å². The largest absolute Gasteiger partial charge is 0.481 e. The van der Waals surface area contributed by atoms with Crippen LogP contribution < -0.4 is 0 Å². The van der Waals surface area contributed by atoms with Crippen molar-refractivity contribution < 1.29 is 15.0 Å². The molecule has 0 saturated carbocycles. The molecule has 0 spiro atoms. The molecular weight excluding hydrogens is 192 g/mol. The maximum atomic E-state index is 9.76. The minimum atomic E-state index is -0.693. The summed E-state index contributed by atoms with van der Waals surface area (Å²) in [4.78, 5) is 9.76. The Morgan fingerprint density at radius 1 is 1.13 bits per heavy atom. The maximum absolute atomic E-state index is 9.76. The lowest BCUT2D eigenvalue weighted by Gasteiger charge is -2.00. The maximum Gasteiger partial charge on any atom is 0.303 e. The highest BCUT2D eigenvalue weighted by Gasteiger charge is 1.92. The van der Waals surface area contributed by atoms with Crippen LogP contribution in [0.5, 0.6) is 0 Å². The van der Waals surface area contributed by atoms with Gasteiger partial charge in [-0.25, -0.2) is 0 Å². The summed E-state index contributed by atoms with van der Waals surface area (Å²) in [5.41, 5.74) is 0. The van der Waals surface area contributed by atoms with Crippen molar-refractivity contribution in [1.29, 1.82) is 0 Å². The highest BCUT2D eigenvalue weighted by Crippen LogP contribution is 2.01. The lowest BCUT2D eigenvalue weighted by molar-refractivity contribution is -0.137. The minimum Gasteiger partial charge on any atom is -0.481 e. The van der Waals surface area contributed by atoms with Gasteiger partial charge in [0.1, 0.15) is 0 Å². The number of unbranched alkanes of at least 4 members (excludes halogenated alkanes) is 3. The zero-order valence-electron chi connectivity index (χ0n) is 10.3. The van der Waals surface area contributed by atoms with Crippen LogP contribution in [-0.2, 0) is 4.79 Å². The van der Waals surface area contributed by atoms with Gasteiger partial charge in [0.05, 0.1) is 6.10 Å². The van der Waals surface area contributed by atoms with Gasteiger partial charge in [-0.1, -0.05) is 39.5 Å². The van der Waals surface area contributed by atoms with Crippen molar-refractivity contribution in [2.24, 2.45) is 0 Å². The first-order valence-electron chi connectivity index (χ1n) is 5.94. The lowest BCUT2D eigenvalue weighted by atomic mass is 10.1. The van der Waals surface area contributed by atoms with Gasteiger partial charge in [0.2, 0.25) is 0 Å². The molecule has 3 heteroatoms. The number of hydrogen-bond acceptors (Lipinski definition) is 2. The second kappa shape index (κ2) is 13.4. The van der Waals surface area contributed by atoms with Gasteiger partial charge >= 0.3 is 5.97 Å². The number of aliphatic hydroxyl groups excluding tert-OH is 1. The zero-order valence-corrected chi connectivity index (χ0v) is 10.3. The Kier molecular flexibility index (Phi) is 15.1. The number of carboxylic acid groups (broad SMARTS) is 1. The average molecular weight is 218 g/mol. The Hall–Kier alpha value is -0.570. The Bertz CT molecular complexity index is 133. The summed E-state index contributed by atoms with van der Waals surface area (Å²) >= 11 is 0. The van der Waals surface area contributed by atoms with E-state index in [-0.39, 0.29) is 6.10 Å². The van der Waals surface area contributed by atoms with Crippen LogP contribution in [0.4, 0.5) is 0 Å². The van der Waals surface area contributed by atoms with Crippen molar-refractivity contribution in [2.75, 3.05) is 0 Å². The van der Waals surface area contributed by atoms with Gasteiger partial charge in [0.25, 0.3) is 0 Å². The third kappa shape index (κ3) is 24.7. The van der Waals surface area contributed by atoms with E-state index in [9.17, 15) is 4.79 Å². The van der Waals surface area contributed by atoms with Gasteiger partial charge in [-0.2, -0.15) is 0 Å². The fraction of sp³-hybridized carbons (Fsp3) is 0.917. The van der Waals surface area contributed by atoms with Crippen molar-refractivity contribution in [3.63, 3.8) is 0 Å². The second-order valence-electron chi connectivity index (χ2n) is 3.84. The molecule has 0 bridgehead atoms. The van der Waals surface area contributed by atoms with Gasteiger partial charge in [0, 0.05) is 6.42 Å². The summed E-state index contributed by atoms with van der Waals surface area (Å²) in [5.74, 6) is -0.693. The smallest absolute Gasteiger partial charge is 0.303 e. The molecule has 0 amide bonds. The molecule has 0 aromatic carbocycles. The second-order valence-corrected chi connectivity index (χ2v) is 3.84. The third-order valence-electron chi connectivity index (χ3n) is 1.97. The number of aliphatic carboxylic acids is 1.